The first kappa shape index (κ1) is 15.6. The average Bonchev–Trinajstić information content (AvgIpc) is 2.47. The minimum absolute atomic E-state index is 0.419. The molecule has 112 valence electrons. The van der Waals surface area contributed by atoms with E-state index in [1.807, 2.05) is 0 Å². The fraction of sp³-hybridized carbons (Fsp3) is 0.625. The maximum atomic E-state index is 6.44. The lowest BCUT2D eigenvalue weighted by molar-refractivity contribution is 0.0459. The van der Waals surface area contributed by atoms with E-state index < -0.39 is 0 Å². The predicted octanol–water partition coefficient (Wildman–Crippen LogP) is 3.45. The van der Waals surface area contributed by atoms with E-state index in [1.54, 1.807) is 0 Å². The molecule has 2 rings (SSSR count). The van der Waals surface area contributed by atoms with Gasteiger partial charge in [0.15, 0.2) is 0 Å². The van der Waals surface area contributed by atoms with Gasteiger partial charge in [0, 0.05) is 26.2 Å². The number of piperidine rings is 1. The van der Waals surface area contributed by atoms with Crippen molar-refractivity contribution >= 4 is 17.3 Å². The summed E-state index contributed by atoms with van der Waals surface area (Å²) in [6, 6.07) is 6.39. The standard InChI is InChI=1S/C16H25ClN2O/c1-3-18-12-13-5-6-16(15(17)11-13)19-9-7-14(8-10-19)20-4-2/h5-6,11,14,18H,3-4,7-10,12H2,1-2H3. The van der Waals surface area contributed by atoms with Crippen molar-refractivity contribution in [3.05, 3.63) is 28.8 Å². The van der Waals surface area contributed by atoms with Crippen LogP contribution in [0.3, 0.4) is 0 Å². The van der Waals surface area contributed by atoms with Gasteiger partial charge in [0.25, 0.3) is 0 Å². The minimum Gasteiger partial charge on any atom is -0.378 e. The van der Waals surface area contributed by atoms with Gasteiger partial charge in [0.05, 0.1) is 16.8 Å². The first-order chi connectivity index (χ1) is 9.74. The Labute approximate surface area is 127 Å². The van der Waals surface area contributed by atoms with Gasteiger partial charge in [-0.2, -0.15) is 0 Å². The Hall–Kier alpha value is -0.770. The molecular weight excluding hydrogens is 272 g/mol. The van der Waals surface area contributed by atoms with E-state index in [2.05, 4.69) is 42.3 Å². The highest BCUT2D eigenvalue weighted by Crippen LogP contribution is 2.29. The molecule has 1 aromatic rings. The number of anilines is 1. The molecule has 1 heterocycles. The highest BCUT2D eigenvalue weighted by molar-refractivity contribution is 6.33. The second kappa shape index (κ2) is 7.87. The summed E-state index contributed by atoms with van der Waals surface area (Å²) in [6.07, 6.45) is 2.59. The molecule has 0 spiro atoms. The number of hydrogen-bond acceptors (Lipinski definition) is 3. The summed E-state index contributed by atoms with van der Waals surface area (Å²) >= 11 is 6.44. The molecule has 0 radical (unpaired) electrons. The third-order valence-electron chi connectivity index (χ3n) is 3.78. The third kappa shape index (κ3) is 4.11. The zero-order valence-corrected chi connectivity index (χ0v) is 13.2. The van der Waals surface area contributed by atoms with Crippen LogP contribution >= 0.6 is 11.6 Å². The van der Waals surface area contributed by atoms with Crippen LogP contribution in [0, 0.1) is 0 Å². The summed E-state index contributed by atoms with van der Waals surface area (Å²) in [6.45, 7) is 8.89. The summed E-state index contributed by atoms with van der Waals surface area (Å²) in [5, 5.41) is 4.18. The number of rotatable bonds is 6. The van der Waals surface area contributed by atoms with Crippen molar-refractivity contribution in [3.63, 3.8) is 0 Å². The summed E-state index contributed by atoms with van der Waals surface area (Å²) in [7, 11) is 0. The summed E-state index contributed by atoms with van der Waals surface area (Å²) in [5.41, 5.74) is 2.40. The average molecular weight is 297 g/mol. The highest BCUT2D eigenvalue weighted by Gasteiger charge is 2.20. The van der Waals surface area contributed by atoms with E-state index >= 15 is 0 Å². The van der Waals surface area contributed by atoms with Gasteiger partial charge in [0.2, 0.25) is 0 Å². The SMILES string of the molecule is CCNCc1ccc(N2CCC(OCC)CC2)c(Cl)c1. The zero-order valence-electron chi connectivity index (χ0n) is 12.5. The topological polar surface area (TPSA) is 24.5 Å². The van der Waals surface area contributed by atoms with Gasteiger partial charge < -0.3 is 15.0 Å². The van der Waals surface area contributed by atoms with Crippen LogP contribution in [-0.4, -0.2) is 32.3 Å². The molecule has 0 bridgehead atoms. The minimum atomic E-state index is 0.419. The van der Waals surface area contributed by atoms with Crippen molar-refractivity contribution in [3.8, 4) is 0 Å². The van der Waals surface area contributed by atoms with Crippen LogP contribution in [0.4, 0.5) is 5.69 Å². The van der Waals surface area contributed by atoms with Gasteiger partial charge in [-0.05, 0) is 44.0 Å². The maximum Gasteiger partial charge on any atom is 0.0642 e. The van der Waals surface area contributed by atoms with Gasteiger partial charge >= 0.3 is 0 Å². The number of nitrogens with one attached hydrogen (secondary N) is 1. The molecule has 1 aliphatic heterocycles. The molecule has 0 amide bonds. The second-order valence-electron chi connectivity index (χ2n) is 5.21. The molecule has 20 heavy (non-hydrogen) atoms. The predicted molar refractivity (Wildman–Crippen MR) is 85.7 cm³/mol. The van der Waals surface area contributed by atoms with Crippen LogP contribution in [0.5, 0.6) is 0 Å². The number of hydrogen-bond donors (Lipinski definition) is 1. The highest BCUT2D eigenvalue weighted by atomic mass is 35.5. The summed E-state index contributed by atoms with van der Waals surface area (Å²) in [5.74, 6) is 0. The van der Waals surface area contributed by atoms with Crippen molar-refractivity contribution in [1.82, 2.24) is 5.32 Å². The number of nitrogens with zero attached hydrogens (tertiary/aromatic N) is 1. The Morgan fingerprint density at radius 3 is 2.65 bits per heavy atom. The van der Waals surface area contributed by atoms with E-state index in [1.165, 1.54) is 5.56 Å². The zero-order chi connectivity index (χ0) is 14.4. The fourth-order valence-corrected chi connectivity index (χ4v) is 3.01. The van der Waals surface area contributed by atoms with Gasteiger partial charge in [-0.15, -0.1) is 0 Å². The van der Waals surface area contributed by atoms with Crippen LogP contribution in [0.1, 0.15) is 32.3 Å². The van der Waals surface area contributed by atoms with Gasteiger partial charge in [-0.1, -0.05) is 24.6 Å². The van der Waals surface area contributed by atoms with Gasteiger partial charge in [-0.3, -0.25) is 0 Å². The van der Waals surface area contributed by atoms with Crippen LogP contribution in [0.25, 0.3) is 0 Å². The normalized spacial score (nSPS) is 16.6. The van der Waals surface area contributed by atoms with E-state index in [0.717, 1.165) is 56.3 Å². The second-order valence-corrected chi connectivity index (χ2v) is 5.62. The van der Waals surface area contributed by atoms with E-state index in [9.17, 15) is 0 Å². The van der Waals surface area contributed by atoms with Crippen LogP contribution in [0.2, 0.25) is 5.02 Å². The van der Waals surface area contributed by atoms with Crippen LogP contribution in [-0.2, 0) is 11.3 Å². The molecule has 1 aromatic carbocycles. The Morgan fingerprint density at radius 2 is 2.05 bits per heavy atom. The molecule has 1 N–H and O–H groups in total. The van der Waals surface area contributed by atoms with Gasteiger partial charge in [0.1, 0.15) is 0 Å². The lowest BCUT2D eigenvalue weighted by Crippen LogP contribution is -2.37. The van der Waals surface area contributed by atoms with Crippen molar-refractivity contribution in [2.75, 3.05) is 31.1 Å². The molecule has 0 saturated carbocycles. The molecular formula is C16H25ClN2O. The Morgan fingerprint density at radius 1 is 1.30 bits per heavy atom. The molecule has 1 saturated heterocycles. The van der Waals surface area contributed by atoms with Crippen molar-refractivity contribution in [1.29, 1.82) is 0 Å². The Kier molecular flexibility index (Phi) is 6.14. The smallest absolute Gasteiger partial charge is 0.0642 e. The van der Waals surface area contributed by atoms with Gasteiger partial charge in [-0.25, -0.2) is 0 Å². The molecule has 4 heteroatoms. The van der Waals surface area contributed by atoms with Crippen LogP contribution in [0.15, 0.2) is 18.2 Å². The summed E-state index contributed by atoms with van der Waals surface area (Å²) < 4.78 is 5.69. The Balaban J connectivity index is 1.96. The molecule has 1 fully saturated rings. The van der Waals surface area contributed by atoms with E-state index in [0.29, 0.717) is 6.10 Å². The molecule has 3 nitrogen and oxygen atoms in total. The van der Waals surface area contributed by atoms with E-state index in [-0.39, 0.29) is 0 Å². The molecule has 1 aliphatic rings. The lowest BCUT2D eigenvalue weighted by atomic mass is 10.1. The molecule has 0 aromatic heterocycles. The monoisotopic (exact) mass is 296 g/mol. The van der Waals surface area contributed by atoms with Crippen molar-refractivity contribution < 1.29 is 4.74 Å². The quantitative estimate of drug-likeness (QED) is 0.870. The number of ether oxygens (including phenoxy) is 1. The van der Waals surface area contributed by atoms with Crippen LogP contribution < -0.4 is 10.2 Å². The first-order valence-corrected chi connectivity index (χ1v) is 7.98. The van der Waals surface area contributed by atoms with Crippen molar-refractivity contribution in [2.24, 2.45) is 0 Å². The fourth-order valence-electron chi connectivity index (χ4n) is 2.69. The number of halogens is 1. The first-order valence-electron chi connectivity index (χ1n) is 7.60. The maximum absolute atomic E-state index is 6.44. The Bertz CT molecular complexity index is 417. The largest absolute Gasteiger partial charge is 0.378 e. The molecule has 0 unspecified atom stereocenters. The molecule has 0 aliphatic carbocycles. The third-order valence-corrected chi connectivity index (χ3v) is 4.08. The summed E-state index contributed by atoms with van der Waals surface area (Å²) in [4.78, 5) is 2.37. The van der Waals surface area contributed by atoms with E-state index in [4.69, 9.17) is 16.3 Å². The van der Waals surface area contributed by atoms with Crippen molar-refractivity contribution in [2.45, 2.75) is 39.3 Å². The number of benzene rings is 1. The molecule has 0 atom stereocenters. The lowest BCUT2D eigenvalue weighted by Gasteiger charge is -2.34.